The third kappa shape index (κ3) is 3.41. The van der Waals surface area contributed by atoms with E-state index in [1.807, 2.05) is 6.07 Å². The molecule has 0 spiro atoms. The van der Waals surface area contributed by atoms with E-state index in [0.717, 1.165) is 18.4 Å². The van der Waals surface area contributed by atoms with Gasteiger partial charge in [0.2, 0.25) is 0 Å². The van der Waals surface area contributed by atoms with E-state index in [9.17, 15) is 18.2 Å². The van der Waals surface area contributed by atoms with Gasteiger partial charge >= 0.3 is 7.12 Å². The van der Waals surface area contributed by atoms with E-state index in [0.29, 0.717) is 56.1 Å². The molecule has 3 heterocycles. The Kier molecular flexibility index (Phi) is 4.81. The summed E-state index contributed by atoms with van der Waals surface area (Å²) in [7, 11) is -3.88. The molecule has 0 aromatic heterocycles. The van der Waals surface area contributed by atoms with Crippen molar-refractivity contribution in [3.8, 4) is 0 Å². The number of nitrogens with zero attached hydrogens (tertiary/aromatic N) is 2. The summed E-state index contributed by atoms with van der Waals surface area (Å²) >= 11 is 0. The zero-order valence-electron chi connectivity index (χ0n) is 14.6. The molecule has 1 N–H and O–H groups in total. The lowest BCUT2D eigenvalue weighted by molar-refractivity contribution is 0.0637. The van der Waals surface area contributed by atoms with Crippen LogP contribution in [-0.2, 0) is 21.1 Å². The van der Waals surface area contributed by atoms with Gasteiger partial charge in [-0.05, 0) is 36.0 Å². The van der Waals surface area contributed by atoms with Crippen molar-refractivity contribution in [1.29, 1.82) is 0 Å². The highest BCUT2D eigenvalue weighted by molar-refractivity contribution is 7.92. The first-order valence-electron chi connectivity index (χ1n) is 9.10. The number of benzene rings is 1. The molecular formula is C17H23BN2O5S. The normalized spacial score (nSPS) is 25.5. The second-order valence-electron chi connectivity index (χ2n) is 7.30. The van der Waals surface area contributed by atoms with E-state index in [4.69, 9.17) is 4.65 Å². The van der Waals surface area contributed by atoms with E-state index in [1.54, 1.807) is 17.0 Å². The molecule has 1 amide bonds. The number of hydrogen-bond acceptors (Lipinski definition) is 6. The smallest absolute Gasteiger partial charge is 0.423 e. The topological polar surface area (TPSA) is 87.2 Å². The van der Waals surface area contributed by atoms with Crippen LogP contribution in [0.2, 0.25) is 0 Å². The first-order chi connectivity index (χ1) is 12.4. The van der Waals surface area contributed by atoms with Crippen LogP contribution in [0, 0.1) is 0 Å². The molecule has 0 saturated carbocycles. The van der Waals surface area contributed by atoms with Crippen molar-refractivity contribution < 1.29 is 22.9 Å². The SMILES string of the molecule is O=C(c1ccc2c(c1)B(O)OC2)N1CCN(CC2CCCS2(=O)=O)CC1. The number of carbonyl (C=O) groups excluding carboxylic acids is 1. The van der Waals surface area contributed by atoms with Gasteiger partial charge in [-0.1, -0.05) is 6.07 Å². The zero-order valence-corrected chi connectivity index (χ0v) is 15.5. The van der Waals surface area contributed by atoms with E-state index < -0.39 is 17.0 Å². The molecule has 1 aromatic rings. The number of carbonyl (C=O) groups is 1. The molecule has 0 radical (unpaired) electrons. The maximum atomic E-state index is 12.7. The Morgan fingerprint density at radius 3 is 2.73 bits per heavy atom. The molecule has 9 heteroatoms. The fourth-order valence-corrected chi connectivity index (χ4v) is 5.88. The molecule has 26 heavy (non-hydrogen) atoms. The van der Waals surface area contributed by atoms with Crippen LogP contribution in [0.25, 0.3) is 0 Å². The highest BCUT2D eigenvalue weighted by Crippen LogP contribution is 2.22. The van der Waals surface area contributed by atoms with Crippen LogP contribution >= 0.6 is 0 Å². The van der Waals surface area contributed by atoms with Gasteiger partial charge in [0.1, 0.15) is 0 Å². The average molecular weight is 378 g/mol. The van der Waals surface area contributed by atoms with Gasteiger partial charge in [0.25, 0.3) is 5.91 Å². The molecule has 1 aromatic carbocycles. The van der Waals surface area contributed by atoms with Gasteiger partial charge in [-0.2, -0.15) is 0 Å². The summed E-state index contributed by atoms with van der Waals surface area (Å²) in [5.41, 5.74) is 2.14. The van der Waals surface area contributed by atoms with Crippen molar-refractivity contribution >= 4 is 28.3 Å². The maximum Gasteiger partial charge on any atom is 0.491 e. The monoisotopic (exact) mass is 378 g/mol. The Labute approximate surface area is 154 Å². The number of amides is 1. The third-order valence-electron chi connectivity index (χ3n) is 5.64. The first-order valence-corrected chi connectivity index (χ1v) is 10.8. The van der Waals surface area contributed by atoms with Crippen LogP contribution in [-0.4, -0.2) is 80.0 Å². The van der Waals surface area contributed by atoms with Gasteiger partial charge in [-0.25, -0.2) is 8.42 Å². The van der Waals surface area contributed by atoms with Crippen LogP contribution in [0.3, 0.4) is 0 Å². The van der Waals surface area contributed by atoms with E-state index in [1.165, 1.54) is 0 Å². The molecule has 2 saturated heterocycles. The molecule has 1 unspecified atom stereocenters. The summed E-state index contributed by atoms with van der Waals surface area (Å²) < 4.78 is 29.2. The van der Waals surface area contributed by atoms with E-state index in [2.05, 4.69) is 4.90 Å². The zero-order chi connectivity index (χ0) is 18.3. The molecule has 1 atom stereocenters. The Morgan fingerprint density at radius 1 is 1.27 bits per heavy atom. The van der Waals surface area contributed by atoms with Crippen LogP contribution in [0.1, 0.15) is 28.8 Å². The Balaban J connectivity index is 1.36. The Morgan fingerprint density at radius 2 is 2.04 bits per heavy atom. The summed E-state index contributed by atoms with van der Waals surface area (Å²) in [5, 5.41) is 9.56. The minimum atomic E-state index is -2.93. The van der Waals surface area contributed by atoms with Crippen molar-refractivity contribution in [3.05, 3.63) is 29.3 Å². The van der Waals surface area contributed by atoms with Gasteiger partial charge in [0.15, 0.2) is 9.84 Å². The number of hydrogen-bond donors (Lipinski definition) is 1. The van der Waals surface area contributed by atoms with Crippen molar-refractivity contribution in [2.75, 3.05) is 38.5 Å². The van der Waals surface area contributed by atoms with Crippen molar-refractivity contribution in [2.24, 2.45) is 0 Å². The van der Waals surface area contributed by atoms with Crippen LogP contribution in [0.5, 0.6) is 0 Å². The number of fused-ring (bicyclic) bond motifs is 1. The summed E-state index contributed by atoms with van der Waals surface area (Å²) in [6, 6.07) is 5.33. The van der Waals surface area contributed by atoms with Gasteiger partial charge < -0.3 is 14.6 Å². The second-order valence-corrected chi connectivity index (χ2v) is 9.70. The summed E-state index contributed by atoms with van der Waals surface area (Å²) in [5.74, 6) is 0.254. The van der Waals surface area contributed by atoms with E-state index in [-0.39, 0.29) is 11.2 Å². The number of piperazine rings is 1. The lowest BCUT2D eigenvalue weighted by atomic mass is 9.78. The predicted octanol–water partition coefficient (Wildman–Crippen LogP) is -0.761. The first kappa shape index (κ1) is 18.0. The molecule has 4 rings (SSSR count). The molecular weight excluding hydrogens is 355 g/mol. The van der Waals surface area contributed by atoms with Gasteiger partial charge in [-0.15, -0.1) is 0 Å². The van der Waals surface area contributed by atoms with Gasteiger partial charge in [0, 0.05) is 38.3 Å². The highest BCUT2D eigenvalue weighted by atomic mass is 32.2. The molecule has 0 aliphatic carbocycles. The van der Waals surface area contributed by atoms with Crippen LogP contribution < -0.4 is 5.46 Å². The largest absolute Gasteiger partial charge is 0.491 e. The molecule has 2 fully saturated rings. The molecule has 0 bridgehead atoms. The van der Waals surface area contributed by atoms with Crippen molar-refractivity contribution in [1.82, 2.24) is 9.80 Å². The fourth-order valence-electron chi connectivity index (χ4n) is 4.02. The van der Waals surface area contributed by atoms with Crippen LogP contribution in [0.4, 0.5) is 0 Å². The average Bonchev–Trinajstić information content (AvgIpc) is 3.17. The summed E-state index contributed by atoms with van der Waals surface area (Å²) in [6.07, 6.45) is 1.51. The van der Waals surface area contributed by atoms with Gasteiger partial charge in [-0.3, -0.25) is 9.69 Å². The quantitative estimate of drug-likeness (QED) is 0.696. The Bertz CT molecular complexity index is 807. The van der Waals surface area contributed by atoms with Gasteiger partial charge in [0.05, 0.1) is 17.6 Å². The molecule has 7 nitrogen and oxygen atoms in total. The number of sulfone groups is 1. The molecule has 3 aliphatic heterocycles. The standard InChI is InChI=1S/C17H23BN2O5S/c21-17(13-3-4-14-12-25-18(22)16(14)10-13)20-7-5-19(6-8-20)11-15-2-1-9-26(15,23)24/h3-4,10,15,22H,1-2,5-9,11-12H2. The van der Waals surface area contributed by atoms with Crippen molar-refractivity contribution in [3.63, 3.8) is 0 Å². The summed E-state index contributed by atoms with van der Waals surface area (Å²) in [4.78, 5) is 16.7. The summed E-state index contributed by atoms with van der Waals surface area (Å²) in [6.45, 7) is 3.49. The lowest BCUT2D eigenvalue weighted by Gasteiger charge is -2.35. The highest BCUT2D eigenvalue weighted by Gasteiger charge is 2.34. The second kappa shape index (κ2) is 6.96. The number of rotatable bonds is 3. The minimum absolute atomic E-state index is 0.0555. The lowest BCUT2D eigenvalue weighted by Crippen LogP contribution is -2.50. The third-order valence-corrected chi connectivity index (χ3v) is 7.90. The minimum Gasteiger partial charge on any atom is -0.423 e. The molecule has 140 valence electrons. The Hall–Kier alpha value is -1.42. The van der Waals surface area contributed by atoms with Crippen LogP contribution in [0.15, 0.2) is 18.2 Å². The maximum absolute atomic E-state index is 12.7. The fraction of sp³-hybridized carbons (Fsp3) is 0.588. The van der Waals surface area contributed by atoms with E-state index >= 15 is 0 Å². The predicted molar refractivity (Wildman–Crippen MR) is 98.0 cm³/mol. The van der Waals surface area contributed by atoms with Crippen molar-refractivity contribution in [2.45, 2.75) is 24.7 Å². The molecule has 3 aliphatic rings.